The van der Waals surface area contributed by atoms with Gasteiger partial charge in [-0.3, -0.25) is 4.90 Å². The van der Waals surface area contributed by atoms with Crippen molar-refractivity contribution in [2.45, 2.75) is 20.4 Å². The first-order valence-electron chi connectivity index (χ1n) is 8.70. The molecule has 3 aromatic heterocycles. The minimum atomic E-state index is 0.551. The van der Waals surface area contributed by atoms with E-state index in [1.807, 2.05) is 38.1 Å². The second-order valence-electron chi connectivity index (χ2n) is 6.53. The molecule has 0 unspecified atom stereocenters. The smallest absolute Gasteiger partial charge is 0.263 e. The third-order valence-electron chi connectivity index (χ3n) is 4.63. The van der Waals surface area contributed by atoms with Crippen molar-refractivity contribution >= 4 is 17.4 Å². The van der Waals surface area contributed by atoms with Crippen molar-refractivity contribution in [3.63, 3.8) is 0 Å². The van der Waals surface area contributed by atoms with E-state index in [0.29, 0.717) is 16.7 Å². The highest BCUT2D eigenvalue weighted by Crippen LogP contribution is 2.25. The van der Waals surface area contributed by atoms with Gasteiger partial charge in [0.2, 0.25) is 0 Å². The van der Waals surface area contributed by atoms with Crippen LogP contribution in [0.1, 0.15) is 17.2 Å². The zero-order chi connectivity index (χ0) is 18.1. The monoisotopic (exact) mass is 372 g/mol. The number of aromatic nitrogens is 2. The van der Waals surface area contributed by atoms with Gasteiger partial charge in [-0.25, -0.2) is 9.97 Å². The van der Waals surface area contributed by atoms with Crippen molar-refractivity contribution in [1.82, 2.24) is 14.9 Å². The number of hydrogen-bond donors (Lipinski definition) is 0. The number of anilines is 1. The lowest BCUT2D eigenvalue weighted by Crippen LogP contribution is -2.46. The highest BCUT2D eigenvalue weighted by Gasteiger charge is 2.21. The van der Waals surface area contributed by atoms with Crippen molar-refractivity contribution < 1.29 is 8.83 Å². The van der Waals surface area contributed by atoms with Gasteiger partial charge in [0.15, 0.2) is 5.76 Å². The van der Waals surface area contributed by atoms with E-state index in [1.165, 1.54) is 0 Å². The van der Waals surface area contributed by atoms with Crippen LogP contribution < -0.4 is 4.90 Å². The van der Waals surface area contributed by atoms with Crippen LogP contribution >= 0.6 is 11.6 Å². The lowest BCUT2D eigenvalue weighted by atomic mass is 10.2. The Morgan fingerprint density at radius 3 is 2.50 bits per heavy atom. The Morgan fingerprint density at radius 2 is 1.85 bits per heavy atom. The fourth-order valence-electron chi connectivity index (χ4n) is 3.13. The largest absolute Gasteiger partial charge is 0.456 e. The van der Waals surface area contributed by atoms with E-state index < -0.39 is 0 Å². The molecule has 1 aliphatic rings. The van der Waals surface area contributed by atoms with Crippen molar-refractivity contribution in [1.29, 1.82) is 0 Å². The summed E-state index contributed by atoms with van der Waals surface area (Å²) in [6.45, 7) is 8.39. The zero-order valence-corrected chi connectivity index (χ0v) is 15.7. The van der Waals surface area contributed by atoms with Crippen molar-refractivity contribution in [3.8, 4) is 11.7 Å². The molecule has 7 heteroatoms. The highest BCUT2D eigenvalue weighted by atomic mass is 35.5. The van der Waals surface area contributed by atoms with Crippen LogP contribution in [0, 0.1) is 13.8 Å². The Labute approximate surface area is 157 Å². The number of rotatable bonds is 4. The topological polar surface area (TPSA) is 58.5 Å². The Bertz CT molecular complexity index is 879. The van der Waals surface area contributed by atoms with E-state index in [4.69, 9.17) is 20.4 Å². The van der Waals surface area contributed by atoms with Gasteiger partial charge in [-0.1, -0.05) is 11.6 Å². The van der Waals surface area contributed by atoms with E-state index in [2.05, 4.69) is 19.8 Å². The van der Waals surface area contributed by atoms with Gasteiger partial charge in [0.25, 0.3) is 5.89 Å². The minimum Gasteiger partial charge on any atom is -0.456 e. The van der Waals surface area contributed by atoms with Crippen LogP contribution in [0.5, 0.6) is 0 Å². The van der Waals surface area contributed by atoms with Gasteiger partial charge in [-0.2, -0.15) is 0 Å². The molecule has 0 atom stereocenters. The van der Waals surface area contributed by atoms with Crippen LogP contribution in [0.4, 0.5) is 5.82 Å². The molecule has 0 saturated carbocycles. The molecule has 0 aliphatic carbocycles. The van der Waals surface area contributed by atoms with Gasteiger partial charge in [0.1, 0.15) is 17.3 Å². The van der Waals surface area contributed by atoms with Crippen LogP contribution in [-0.2, 0) is 6.54 Å². The molecule has 4 rings (SSSR count). The summed E-state index contributed by atoms with van der Waals surface area (Å²) in [5, 5.41) is 0.663. The molecule has 136 valence electrons. The molecule has 0 bridgehead atoms. The van der Waals surface area contributed by atoms with Gasteiger partial charge in [0, 0.05) is 38.9 Å². The van der Waals surface area contributed by atoms with Gasteiger partial charge in [-0.15, -0.1) is 0 Å². The summed E-state index contributed by atoms with van der Waals surface area (Å²) in [6.07, 6.45) is 1.69. The Hall–Kier alpha value is -2.31. The fraction of sp³-hybridized carbons (Fsp3) is 0.368. The third kappa shape index (κ3) is 3.61. The highest BCUT2D eigenvalue weighted by molar-refractivity contribution is 6.30. The number of hydrogen-bond acceptors (Lipinski definition) is 6. The molecule has 0 N–H and O–H groups in total. The van der Waals surface area contributed by atoms with E-state index in [0.717, 1.165) is 55.8 Å². The van der Waals surface area contributed by atoms with Crippen molar-refractivity contribution in [2.75, 3.05) is 31.1 Å². The summed E-state index contributed by atoms with van der Waals surface area (Å²) >= 11 is 5.91. The van der Waals surface area contributed by atoms with Gasteiger partial charge in [-0.05, 0) is 38.1 Å². The van der Waals surface area contributed by atoms with Gasteiger partial charge < -0.3 is 13.7 Å². The summed E-state index contributed by atoms with van der Waals surface area (Å²) < 4.78 is 11.4. The number of halogens is 1. The molecule has 0 radical (unpaired) electrons. The van der Waals surface area contributed by atoms with Gasteiger partial charge in [0.05, 0.1) is 10.7 Å². The average molecular weight is 373 g/mol. The quantitative estimate of drug-likeness (QED) is 0.691. The molecule has 0 spiro atoms. The summed E-state index contributed by atoms with van der Waals surface area (Å²) in [7, 11) is 0. The average Bonchev–Trinajstić information content (AvgIpc) is 3.23. The fourth-order valence-corrected chi connectivity index (χ4v) is 3.24. The summed E-state index contributed by atoms with van der Waals surface area (Å²) in [4.78, 5) is 13.7. The lowest BCUT2D eigenvalue weighted by molar-refractivity contribution is 0.245. The predicted molar refractivity (Wildman–Crippen MR) is 100 cm³/mol. The van der Waals surface area contributed by atoms with Crippen LogP contribution in [0.2, 0.25) is 5.02 Å². The standard InChI is InChI=1S/C19H21ClN4O2/c1-13-3-5-17(25-13)19-22-16(14(2)26-19)12-23-7-9-24(10-8-23)18-6-4-15(20)11-21-18/h3-6,11H,7-10,12H2,1-2H3. The molecule has 1 saturated heterocycles. The molecule has 3 aromatic rings. The van der Waals surface area contributed by atoms with E-state index >= 15 is 0 Å². The molecular weight excluding hydrogens is 352 g/mol. The van der Waals surface area contributed by atoms with Crippen molar-refractivity contribution in [3.05, 3.63) is 52.7 Å². The van der Waals surface area contributed by atoms with E-state index in [9.17, 15) is 0 Å². The number of aryl methyl sites for hydroxylation is 2. The number of oxazole rings is 1. The number of piperazine rings is 1. The first-order chi connectivity index (χ1) is 12.6. The van der Waals surface area contributed by atoms with Crippen LogP contribution in [0.25, 0.3) is 11.7 Å². The van der Waals surface area contributed by atoms with Gasteiger partial charge >= 0.3 is 0 Å². The van der Waals surface area contributed by atoms with Crippen LogP contribution in [-0.4, -0.2) is 41.0 Å². The first-order valence-corrected chi connectivity index (χ1v) is 9.08. The van der Waals surface area contributed by atoms with E-state index in [-0.39, 0.29) is 0 Å². The molecule has 0 amide bonds. The van der Waals surface area contributed by atoms with Crippen LogP contribution in [0.3, 0.4) is 0 Å². The molecule has 6 nitrogen and oxygen atoms in total. The Balaban J connectivity index is 1.38. The number of nitrogens with zero attached hydrogens (tertiary/aromatic N) is 4. The summed E-state index contributed by atoms with van der Waals surface area (Å²) in [5.41, 5.74) is 0.965. The first kappa shape index (κ1) is 17.1. The van der Waals surface area contributed by atoms with E-state index in [1.54, 1.807) is 6.20 Å². The molecule has 1 fully saturated rings. The minimum absolute atomic E-state index is 0.551. The number of furan rings is 1. The lowest BCUT2D eigenvalue weighted by Gasteiger charge is -2.35. The maximum Gasteiger partial charge on any atom is 0.263 e. The number of pyridine rings is 1. The van der Waals surface area contributed by atoms with Crippen molar-refractivity contribution in [2.24, 2.45) is 0 Å². The Morgan fingerprint density at radius 1 is 1.04 bits per heavy atom. The normalized spacial score (nSPS) is 15.6. The maximum atomic E-state index is 5.91. The summed E-state index contributed by atoms with van der Waals surface area (Å²) in [6, 6.07) is 7.66. The van der Waals surface area contributed by atoms with Crippen LogP contribution in [0.15, 0.2) is 39.3 Å². The second kappa shape index (κ2) is 7.13. The molecular formula is C19H21ClN4O2. The second-order valence-corrected chi connectivity index (χ2v) is 6.97. The molecule has 0 aromatic carbocycles. The zero-order valence-electron chi connectivity index (χ0n) is 14.9. The Kier molecular flexibility index (Phi) is 4.70. The predicted octanol–water partition coefficient (Wildman–Crippen LogP) is 3.92. The SMILES string of the molecule is Cc1ccc(-c2nc(CN3CCN(c4ccc(Cl)cn4)CC3)c(C)o2)o1. The molecule has 4 heterocycles. The summed E-state index contributed by atoms with van der Waals surface area (Å²) in [5.74, 6) is 3.90. The molecule has 1 aliphatic heterocycles. The third-order valence-corrected chi connectivity index (χ3v) is 4.85. The maximum absolute atomic E-state index is 5.91. The molecule has 26 heavy (non-hydrogen) atoms.